The van der Waals surface area contributed by atoms with Crippen LogP contribution in [0, 0.1) is 13.8 Å². The third-order valence-electron chi connectivity index (χ3n) is 3.74. The van der Waals surface area contributed by atoms with Crippen molar-refractivity contribution < 1.29 is 9.53 Å². The summed E-state index contributed by atoms with van der Waals surface area (Å²) in [5.41, 5.74) is 1.89. The smallest absolute Gasteiger partial charge is 0.410 e. The van der Waals surface area contributed by atoms with Crippen LogP contribution in [0.1, 0.15) is 38.8 Å². The Morgan fingerprint density at radius 3 is 2.55 bits per heavy atom. The zero-order chi connectivity index (χ0) is 16.5. The van der Waals surface area contributed by atoms with Gasteiger partial charge in [-0.05, 0) is 52.7 Å². The summed E-state index contributed by atoms with van der Waals surface area (Å²) in [6, 6.07) is 2.37. The first kappa shape index (κ1) is 16.6. The second-order valence-electron chi connectivity index (χ2n) is 7.12. The molecule has 1 aliphatic rings. The Morgan fingerprint density at radius 2 is 2.00 bits per heavy atom. The molecule has 5 heteroatoms. The van der Waals surface area contributed by atoms with E-state index in [1.807, 2.05) is 33.9 Å². The maximum atomic E-state index is 12.2. The summed E-state index contributed by atoms with van der Waals surface area (Å²) < 4.78 is 5.46. The van der Waals surface area contributed by atoms with Crippen molar-refractivity contribution in [3.8, 4) is 0 Å². The van der Waals surface area contributed by atoms with Crippen LogP contribution in [0.2, 0.25) is 0 Å². The quantitative estimate of drug-likeness (QED) is 0.799. The molecule has 0 aliphatic carbocycles. The summed E-state index contributed by atoms with van der Waals surface area (Å²) in [6.07, 6.45) is 1.67. The first-order chi connectivity index (χ1) is 10.2. The van der Waals surface area contributed by atoms with Gasteiger partial charge in [-0.15, -0.1) is 0 Å². The van der Waals surface area contributed by atoms with Gasteiger partial charge in [0.1, 0.15) is 11.4 Å². The van der Waals surface area contributed by atoms with E-state index < -0.39 is 5.60 Å². The normalized spacial score (nSPS) is 19.3. The van der Waals surface area contributed by atoms with Gasteiger partial charge < -0.3 is 14.5 Å². The van der Waals surface area contributed by atoms with Crippen LogP contribution in [0.4, 0.5) is 10.6 Å². The fourth-order valence-electron chi connectivity index (χ4n) is 2.77. The third kappa shape index (κ3) is 3.90. The van der Waals surface area contributed by atoms with E-state index in [1.165, 1.54) is 11.1 Å². The largest absolute Gasteiger partial charge is 0.444 e. The lowest BCUT2D eigenvalue weighted by molar-refractivity contribution is 0.0218. The summed E-state index contributed by atoms with van der Waals surface area (Å²) in [7, 11) is 0. The number of carbonyl (C=O) groups excluding carboxylic acids is 1. The summed E-state index contributed by atoms with van der Waals surface area (Å²) in [4.78, 5) is 20.8. The van der Waals surface area contributed by atoms with Gasteiger partial charge >= 0.3 is 6.09 Å². The second-order valence-corrected chi connectivity index (χ2v) is 7.12. The lowest BCUT2D eigenvalue weighted by Crippen LogP contribution is -2.55. The number of amides is 1. The van der Waals surface area contributed by atoms with Gasteiger partial charge in [0.25, 0.3) is 0 Å². The molecule has 1 aromatic rings. The van der Waals surface area contributed by atoms with Gasteiger partial charge in [0.15, 0.2) is 0 Å². The van der Waals surface area contributed by atoms with Gasteiger partial charge in [-0.2, -0.15) is 0 Å². The molecule has 122 valence electrons. The zero-order valence-electron chi connectivity index (χ0n) is 14.5. The van der Waals surface area contributed by atoms with E-state index in [9.17, 15) is 4.79 Å². The van der Waals surface area contributed by atoms with Crippen LogP contribution in [0.25, 0.3) is 0 Å². The highest BCUT2D eigenvalue weighted by Crippen LogP contribution is 2.23. The molecule has 2 heterocycles. The number of anilines is 1. The molecule has 1 fully saturated rings. The number of rotatable bonds is 1. The van der Waals surface area contributed by atoms with Crippen LogP contribution in [0.5, 0.6) is 0 Å². The van der Waals surface area contributed by atoms with E-state index >= 15 is 0 Å². The van der Waals surface area contributed by atoms with Crippen LogP contribution in [0.3, 0.4) is 0 Å². The number of nitrogens with zero attached hydrogens (tertiary/aromatic N) is 3. The summed E-state index contributed by atoms with van der Waals surface area (Å²) in [6.45, 7) is 14.0. The molecule has 5 nitrogen and oxygen atoms in total. The average molecular weight is 305 g/mol. The number of carbonyl (C=O) groups is 1. The lowest BCUT2D eigenvalue weighted by Gasteiger charge is -2.41. The van der Waals surface area contributed by atoms with E-state index in [2.05, 4.69) is 29.8 Å². The fraction of sp³-hybridized carbons (Fsp3) is 0.647. The third-order valence-corrected chi connectivity index (χ3v) is 3.74. The predicted molar refractivity (Wildman–Crippen MR) is 88.3 cm³/mol. The summed E-state index contributed by atoms with van der Waals surface area (Å²) in [5, 5.41) is 0. The number of aromatic nitrogens is 1. The highest BCUT2D eigenvalue weighted by Gasteiger charge is 2.30. The van der Waals surface area contributed by atoms with E-state index in [0.29, 0.717) is 13.1 Å². The SMILES string of the molecule is Cc1cnc(N2CCN(C(=O)OC(C)(C)C)CC2C)c(C)c1. The number of ether oxygens (including phenoxy) is 1. The fourth-order valence-corrected chi connectivity index (χ4v) is 2.77. The molecule has 1 saturated heterocycles. The van der Waals surface area contributed by atoms with Crippen molar-refractivity contribution in [3.05, 3.63) is 23.4 Å². The van der Waals surface area contributed by atoms with Crippen molar-refractivity contribution in [3.63, 3.8) is 0 Å². The van der Waals surface area contributed by atoms with Gasteiger partial charge in [0.05, 0.1) is 0 Å². The monoisotopic (exact) mass is 305 g/mol. The predicted octanol–water partition coefficient (Wildman–Crippen LogP) is 3.14. The molecular formula is C17H27N3O2. The zero-order valence-corrected chi connectivity index (χ0v) is 14.5. The van der Waals surface area contributed by atoms with Crippen LogP contribution in [-0.2, 0) is 4.74 Å². The Labute approximate surface area is 133 Å². The van der Waals surface area contributed by atoms with Crippen LogP contribution in [0.15, 0.2) is 12.3 Å². The summed E-state index contributed by atoms with van der Waals surface area (Å²) >= 11 is 0. The van der Waals surface area contributed by atoms with Crippen molar-refractivity contribution in [2.24, 2.45) is 0 Å². The van der Waals surface area contributed by atoms with Gasteiger partial charge in [-0.25, -0.2) is 9.78 Å². The molecule has 2 rings (SSSR count). The summed E-state index contributed by atoms with van der Waals surface area (Å²) in [5.74, 6) is 1.02. The van der Waals surface area contributed by atoms with Crippen LogP contribution >= 0.6 is 0 Å². The molecule has 0 radical (unpaired) electrons. The maximum absolute atomic E-state index is 12.2. The van der Waals surface area contributed by atoms with E-state index in [1.54, 1.807) is 4.90 Å². The Hall–Kier alpha value is -1.78. The molecule has 22 heavy (non-hydrogen) atoms. The molecule has 0 bridgehead atoms. The molecule has 0 N–H and O–H groups in total. The molecule has 1 aromatic heterocycles. The molecule has 1 aliphatic heterocycles. The first-order valence-electron chi connectivity index (χ1n) is 7.85. The number of hydrogen-bond acceptors (Lipinski definition) is 4. The molecule has 1 amide bonds. The number of aryl methyl sites for hydroxylation is 2. The van der Waals surface area contributed by atoms with E-state index in [-0.39, 0.29) is 12.1 Å². The minimum absolute atomic E-state index is 0.218. The first-order valence-corrected chi connectivity index (χ1v) is 7.85. The average Bonchev–Trinajstić information content (AvgIpc) is 2.37. The van der Waals surface area contributed by atoms with Crippen LogP contribution in [-0.4, -0.2) is 47.3 Å². The molecule has 1 unspecified atom stereocenters. The number of piperazine rings is 1. The van der Waals surface area contributed by atoms with E-state index in [0.717, 1.165) is 12.4 Å². The topological polar surface area (TPSA) is 45.7 Å². The van der Waals surface area contributed by atoms with Crippen molar-refractivity contribution in [2.75, 3.05) is 24.5 Å². The van der Waals surface area contributed by atoms with E-state index in [4.69, 9.17) is 4.74 Å². The highest BCUT2D eigenvalue weighted by molar-refractivity contribution is 5.68. The lowest BCUT2D eigenvalue weighted by atomic mass is 10.1. The van der Waals surface area contributed by atoms with Crippen molar-refractivity contribution in [2.45, 2.75) is 53.2 Å². The maximum Gasteiger partial charge on any atom is 0.410 e. The Balaban J connectivity index is 2.05. The number of pyridine rings is 1. The molecule has 1 atom stereocenters. The minimum Gasteiger partial charge on any atom is -0.444 e. The Bertz CT molecular complexity index is 551. The van der Waals surface area contributed by atoms with Crippen molar-refractivity contribution in [1.82, 2.24) is 9.88 Å². The van der Waals surface area contributed by atoms with Gasteiger partial charge in [-0.3, -0.25) is 0 Å². The second kappa shape index (κ2) is 6.15. The molecule has 0 spiro atoms. The highest BCUT2D eigenvalue weighted by atomic mass is 16.6. The van der Waals surface area contributed by atoms with Gasteiger partial charge in [0.2, 0.25) is 0 Å². The van der Waals surface area contributed by atoms with Crippen molar-refractivity contribution in [1.29, 1.82) is 0 Å². The standard InChI is InChI=1S/C17H27N3O2/c1-12-9-13(2)15(18-10-12)20-8-7-19(11-14(20)3)16(21)22-17(4,5)6/h9-10,14H,7-8,11H2,1-6H3. The Kier molecular flexibility index (Phi) is 4.63. The minimum atomic E-state index is -0.452. The molecule has 0 saturated carbocycles. The van der Waals surface area contributed by atoms with Gasteiger partial charge in [0, 0.05) is 31.9 Å². The molecule has 0 aromatic carbocycles. The van der Waals surface area contributed by atoms with Crippen LogP contribution < -0.4 is 4.90 Å². The van der Waals surface area contributed by atoms with Gasteiger partial charge in [-0.1, -0.05) is 6.07 Å². The molecular weight excluding hydrogens is 278 g/mol. The Morgan fingerprint density at radius 1 is 1.32 bits per heavy atom. The van der Waals surface area contributed by atoms with Crippen molar-refractivity contribution >= 4 is 11.9 Å². The number of hydrogen-bond donors (Lipinski definition) is 0.